The van der Waals surface area contributed by atoms with Gasteiger partial charge in [0.05, 0.1) is 30.7 Å². The van der Waals surface area contributed by atoms with E-state index in [9.17, 15) is 9.59 Å². The first kappa shape index (κ1) is 21.9. The van der Waals surface area contributed by atoms with Crippen molar-refractivity contribution in [3.05, 3.63) is 69.1 Å². The Balaban J connectivity index is 1.90. The van der Waals surface area contributed by atoms with E-state index in [1.165, 1.54) is 0 Å². The molecule has 1 aromatic heterocycles. The van der Waals surface area contributed by atoms with Crippen LogP contribution in [0.5, 0.6) is 11.5 Å². The van der Waals surface area contributed by atoms with Gasteiger partial charge >= 0.3 is 0 Å². The van der Waals surface area contributed by atoms with E-state index < -0.39 is 6.04 Å². The van der Waals surface area contributed by atoms with Crippen LogP contribution in [0.4, 0.5) is 0 Å². The number of rotatable bonds is 8. The van der Waals surface area contributed by atoms with Crippen LogP contribution in [0.25, 0.3) is 11.0 Å². The van der Waals surface area contributed by atoms with Gasteiger partial charge in [0.2, 0.25) is 5.76 Å². The number of hydrogen-bond acceptors (Lipinski definition) is 6. The predicted molar refractivity (Wildman–Crippen MR) is 121 cm³/mol. The lowest BCUT2D eigenvalue weighted by Crippen LogP contribution is -2.31. The molecule has 0 N–H and O–H groups in total. The maximum absolute atomic E-state index is 13.6. The molecule has 4 rings (SSSR count). The fourth-order valence-corrected chi connectivity index (χ4v) is 4.22. The quantitative estimate of drug-likeness (QED) is 0.494. The molecule has 1 amide bonds. The second-order valence-electron chi connectivity index (χ2n) is 7.76. The SMILES string of the molecule is CCOc1ccc(C2c3c(oc4ccc(C)cc4c3=O)C(=O)N2CCCOC)cc1OC. The van der Waals surface area contributed by atoms with Gasteiger partial charge in [-0.25, -0.2) is 0 Å². The summed E-state index contributed by atoms with van der Waals surface area (Å²) in [5.41, 5.74) is 2.29. The fraction of sp³-hybridized carbons (Fsp3) is 0.360. The molecule has 0 spiro atoms. The topological polar surface area (TPSA) is 78.2 Å². The second-order valence-corrected chi connectivity index (χ2v) is 7.76. The lowest BCUT2D eigenvalue weighted by Gasteiger charge is -2.25. The molecule has 1 aliphatic heterocycles. The Bertz CT molecular complexity index is 1220. The van der Waals surface area contributed by atoms with E-state index in [4.69, 9.17) is 18.6 Å². The molecule has 0 bridgehead atoms. The maximum atomic E-state index is 13.6. The van der Waals surface area contributed by atoms with Crippen molar-refractivity contribution in [1.82, 2.24) is 4.90 Å². The number of amides is 1. The Morgan fingerprint density at radius 2 is 1.88 bits per heavy atom. The Labute approximate surface area is 186 Å². The number of ether oxygens (including phenoxy) is 3. The van der Waals surface area contributed by atoms with Crippen molar-refractivity contribution < 1.29 is 23.4 Å². The fourth-order valence-electron chi connectivity index (χ4n) is 4.22. The van der Waals surface area contributed by atoms with Crippen molar-refractivity contribution >= 4 is 16.9 Å². The smallest absolute Gasteiger partial charge is 0.290 e. The van der Waals surface area contributed by atoms with Crippen LogP contribution in [-0.4, -0.2) is 44.8 Å². The minimum atomic E-state index is -0.583. The summed E-state index contributed by atoms with van der Waals surface area (Å²) < 4.78 is 22.3. The summed E-state index contributed by atoms with van der Waals surface area (Å²) >= 11 is 0. The van der Waals surface area contributed by atoms with E-state index in [0.717, 1.165) is 11.1 Å². The highest BCUT2D eigenvalue weighted by atomic mass is 16.5. The molecule has 7 nitrogen and oxygen atoms in total. The predicted octanol–water partition coefficient (Wildman–Crippen LogP) is 4.09. The van der Waals surface area contributed by atoms with Crippen LogP contribution in [0.2, 0.25) is 0 Å². The Morgan fingerprint density at radius 1 is 1.06 bits per heavy atom. The van der Waals surface area contributed by atoms with Gasteiger partial charge in [-0.05, 0) is 50.1 Å². The normalized spacial score (nSPS) is 15.3. The van der Waals surface area contributed by atoms with Crippen LogP contribution in [0, 0.1) is 6.92 Å². The summed E-state index contributed by atoms with van der Waals surface area (Å²) in [7, 11) is 3.19. The highest BCUT2D eigenvalue weighted by molar-refractivity contribution is 5.99. The first-order chi connectivity index (χ1) is 15.5. The molecular formula is C25H27NO6. The van der Waals surface area contributed by atoms with Crippen molar-refractivity contribution in [3.8, 4) is 11.5 Å². The minimum absolute atomic E-state index is 0.0987. The average molecular weight is 437 g/mol. The third kappa shape index (κ3) is 3.73. The number of carbonyl (C=O) groups excluding carboxylic acids is 1. The van der Waals surface area contributed by atoms with Gasteiger partial charge in [-0.15, -0.1) is 0 Å². The molecule has 2 aromatic carbocycles. The van der Waals surface area contributed by atoms with E-state index in [1.54, 1.807) is 37.3 Å². The summed E-state index contributed by atoms with van der Waals surface area (Å²) in [6.07, 6.45) is 0.633. The van der Waals surface area contributed by atoms with Crippen molar-refractivity contribution in [3.63, 3.8) is 0 Å². The maximum Gasteiger partial charge on any atom is 0.290 e. The third-order valence-electron chi connectivity index (χ3n) is 5.67. The number of fused-ring (bicyclic) bond motifs is 2. The molecule has 1 unspecified atom stereocenters. The first-order valence-electron chi connectivity index (χ1n) is 10.7. The van der Waals surface area contributed by atoms with Crippen LogP contribution >= 0.6 is 0 Å². The number of aryl methyl sites for hydroxylation is 1. The number of methoxy groups -OCH3 is 2. The van der Waals surface area contributed by atoms with Gasteiger partial charge in [0.25, 0.3) is 5.91 Å². The molecular weight excluding hydrogens is 410 g/mol. The Kier molecular flexibility index (Phi) is 6.19. The molecule has 1 atom stereocenters. The number of benzene rings is 2. The zero-order valence-corrected chi connectivity index (χ0v) is 18.8. The molecule has 0 aliphatic carbocycles. The standard InChI is InChI=1S/C25H27NO6/c1-5-31-19-10-8-16(14-20(19)30-4)22-21-23(27)17-13-15(2)7-9-18(17)32-24(21)25(28)26(22)11-6-12-29-3/h7-10,13-14,22H,5-6,11-12H2,1-4H3. The molecule has 0 radical (unpaired) electrons. The Morgan fingerprint density at radius 3 is 2.59 bits per heavy atom. The summed E-state index contributed by atoms with van der Waals surface area (Å²) in [6, 6.07) is 10.3. The number of carbonyl (C=O) groups is 1. The molecule has 2 heterocycles. The zero-order valence-electron chi connectivity index (χ0n) is 18.8. The van der Waals surface area contributed by atoms with Crippen LogP contribution < -0.4 is 14.9 Å². The van der Waals surface area contributed by atoms with Crippen LogP contribution in [0.15, 0.2) is 45.6 Å². The van der Waals surface area contributed by atoms with E-state index in [0.29, 0.717) is 54.2 Å². The van der Waals surface area contributed by atoms with Crippen LogP contribution in [0.3, 0.4) is 0 Å². The van der Waals surface area contributed by atoms with Gasteiger partial charge in [-0.1, -0.05) is 17.7 Å². The largest absolute Gasteiger partial charge is 0.493 e. The molecule has 0 saturated carbocycles. The van der Waals surface area contributed by atoms with Gasteiger partial charge in [0, 0.05) is 20.3 Å². The average Bonchev–Trinajstić information content (AvgIpc) is 3.07. The van der Waals surface area contributed by atoms with E-state index in [2.05, 4.69) is 0 Å². The van der Waals surface area contributed by atoms with Gasteiger partial charge in [-0.3, -0.25) is 9.59 Å². The molecule has 0 saturated heterocycles. The number of nitrogens with zero attached hydrogens (tertiary/aromatic N) is 1. The van der Waals surface area contributed by atoms with Crippen molar-refractivity contribution in [2.45, 2.75) is 26.3 Å². The van der Waals surface area contributed by atoms with E-state index in [-0.39, 0.29) is 17.1 Å². The molecule has 3 aromatic rings. The van der Waals surface area contributed by atoms with Crippen LogP contribution in [-0.2, 0) is 4.74 Å². The summed E-state index contributed by atoms with van der Waals surface area (Å²) in [5, 5.41) is 0.471. The lowest BCUT2D eigenvalue weighted by molar-refractivity contribution is 0.0707. The van der Waals surface area contributed by atoms with Gasteiger partial charge < -0.3 is 23.5 Å². The molecule has 32 heavy (non-hydrogen) atoms. The monoisotopic (exact) mass is 437 g/mol. The summed E-state index contributed by atoms with van der Waals surface area (Å²) in [4.78, 5) is 28.6. The first-order valence-corrected chi connectivity index (χ1v) is 10.7. The van der Waals surface area contributed by atoms with Gasteiger partial charge in [-0.2, -0.15) is 0 Å². The summed E-state index contributed by atoms with van der Waals surface area (Å²) in [6.45, 7) is 5.24. The zero-order chi connectivity index (χ0) is 22.8. The van der Waals surface area contributed by atoms with Gasteiger partial charge in [0.1, 0.15) is 5.58 Å². The summed E-state index contributed by atoms with van der Waals surface area (Å²) in [5.74, 6) is 0.952. The Hall–Kier alpha value is -3.32. The minimum Gasteiger partial charge on any atom is -0.493 e. The molecule has 0 fully saturated rings. The third-order valence-corrected chi connectivity index (χ3v) is 5.67. The number of hydrogen-bond donors (Lipinski definition) is 0. The molecule has 1 aliphatic rings. The van der Waals surface area contributed by atoms with E-state index in [1.807, 2.05) is 32.0 Å². The molecule has 7 heteroatoms. The van der Waals surface area contributed by atoms with E-state index >= 15 is 0 Å². The molecule has 168 valence electrons. The lowest BCUT2D eigenvalue weighted by atomic mass is 9.97. The second kappa shape index (κ2) is 9.04. The van der Waals surface area contributed by atoms with Crippen LogP contribution in [0.1, 0.15) is 46.6 Å². The van der Waals surface area contributed by atoms with Crippen molar-refractivity contribution in [2.24, 2.45) is 0 Å². The van der Waals surface area contributed by atoms with Crippen molar-refractivity contribution in [1.29, 1.82) is 0 Å². The van der Waals surface area contributed by atoms with Crippen molar-refractivity contribution in [2.75, 3.05) is 34.0 Å². The highest BCUT2D eigenvalue weighted by Crippen LogP contribution is 2.41. The van der Waals surface area contributed by atoms with Gasteiger partial charge in [0.15, 0.2) is 16.9 Å². The highest BCUT2D eigenvalue weighted by Gasteiger charge is 2.42.